The van der Waals surface area contributed by atoms with Crippen molar-refractivity contribution in [3.05, 3.63) is 29.8 Å². The maximum Gasteiger partial charge on any atom is 0.313 e. The van der Waals surface area contributed by atoms with Crippen molar-refractivity contribution in [1.29, 1.82) is 0 Å². The molecule has 0 N–H and O–H groups in total. The number of esters is 1. The van der Waals surface area contributed by atoms with Gasteiger partial charge in [-0.15, -0.1) is 0 Å². The summed E-state index contributed by atoms with van der Waals surface area (Å²) in [7, 11) is 1.65. The molecule has 1 heterocycles. The van der Waals surface area contributed by atoms with Gasteiger partial charge in [0.15, 0.2) is 0 Å². The molecule has 0 amide bonds. The van der Waals surface area contributed by atoms with Crippen molar-refractivity contribution in [2.75, 3.05) is 7.11 Å². The van der Waals surface area contributed by atoms with Crippen LogP contribution in [-0.2, 0) is 9.53 Å². The van der Waals surface area contributed by atoms with Gasteiger partial charge in [0.2, 0.25) is 0 Å². The van der Waals surface area contributed by atoms with E-state index in [1.807, 2.05) is 24.3 Å². The van der Waals surface area contributed by atoms with Gasteiger partial charge >= 0.3 is 5.97 Å². The van der Waals surface area contributed by atoms with Crippen LogP contribution in [0.3, 0.4) is 0 Å². The second kappa shape index (κ2) is 9.59. The summed E-state index contributed by atoms with van der Waals surface area (Å²) in [6, 6.07) is 7.76. The number of carbonyl (C=O) groups is 1. The van der Waals surface area contributed by atoms with Crippen molar-refractivity contribution >= 4 is 5.97 Å². The first-order valence-electron chi connectivity index (χ1n) is 9.09. The van der Waals surface area contributed by atoms with Gasteiger partial charge in [-0.3, -0.25) is 4.79 Å². The largest absolute Gasteiger partial charge is 0.497 e. The highest BCUT2D eigenvalue weighted by molar-refractivity contribution is 5.79. The van der Waals surface area contributed by atoms with Crippen LogP contribution in [0.1, 0.15) is 76.2 Å². The molecule has 0 saturated carbocycles. The molecule has 1 aromatic carbocycles. The first kappa shape index (κ1) is 17.8. The molecule has 1 aliphatic rings. The molecule has 1 fully saturated rings. The van der Waals surface area contributed by atoms with E-state index in [0.717, 1.165) is 30.6 Å². The predicted molar refractivity (Wildman–Crippen MR) is 92.8 cm³/mol. The van der Waals surface area contributed by atoms with Crippen molar-refractivity contribution in [3.8, 4) is 5.75 Å². The van der Waals surface area contributed by atoms with E-state index in [0.29, 0.717) is 0 Å². The van der Waals surface area contributed by atoms with Gasteiger partial charge in [0.1, 0.15) is 11.9 Å². The number of benzene rings is 1. The minimum Gasteiger partial charge on any atom is -0.497 e. The molecule has 2 unspecified atom stereocenters. The van der Waals surface area contributed by atoms with Crippen LogP contribution in [-0.4, -0.2) is 19.2 Å². The van der Waals surface area contributed by atoms with Crippen molar-refractivity contribution in [2.45, 2.75) is 76.7 Å². The fourth-order valence-electron chi connectivity index (χ4n) is 3.27. The predicted octanol–water partition coefficient (Wildman–Crippen LogP) is 5.24. The van der Waals surface area contributed by atoms with Crippen LogP contribution in [0.25, 0.3) is 0 Å². The Kier molecular flexibility index (Phi) is 7.44. The fourth-order valence-corrected chi connectivity index (χ4v) is 3.27. The maximum atomic E-state index is 12.3. The van der Waals surface area contributed by atoms with E-state index >= 15 is 0 Å². The lowest BCUT2D eigenvalue weighted by Crippen LogP contribution is -2.29. The highest BCUT2D eigenvalue weighted by atomic mass is 16.5. The summed E-state index contributed by atoms with van der Waals surface area (Å²) in [5.74, 6) is 0.651. The van der Waals surface area contributed by atoms with Gasteiger partial charge in [-0.25, -0.2) is 0 Å². The molecule has 128 valence electrons. The molecule has 0 aromatic heterocycles. The summed E-state index contributed by atoms with van der Waals surface area (Å²) in [5, 5.41) is 0. The lowest BCUT2D eigenvalue weighted by Gasteiger charge is -2.28. The van der Waals surface area contributed by atoms with Gasteiger partial charge in [0.25, 0.3) is 0 Å². The number of methoxy groups -OCH3 is 1. The van der Waals surface area contributed by atoms with Crippen LogP contribution in [0.15, 0.2) is 24.3 Å². The Morgan fingerprint density at radius 3 is 2.39 bits per heavy atom. The summed E-state index contributed by atoms with van der Waals surface area (Å²) < 4.78 is 10.8. The topological polar surface area (TPSA) is 35.5 Å². The van der Waals surface area contributed by atoms with Crippen LogP contribution < -0.4 is 4.74 Å². The summed E-state index contributed by atoms with van der Waals surface area (Å²) in [5.41, 5.74) is 1.04. The number of unbranched alkanes of at least 4 members (excludes halogenated alkanes) is 5. The third-order valence-corrected chi connectivity index (χ3v) is 4.74. The average Bonchev–Trinajstić information content (AvgIpc) is 2.58. The van der Waals surface area contributed by atoms with Gasteiger partial charge in [-0.1, -0.05) is 51.2 Å². The quantitative estimate of drug-likeness (QED) is 0.461. The van der Waals surface area contributed by atoms with E-state index < -0.39 is 0 Å². The molecule has 1 aromatic rings. The van der Waals surface area contributed by atoms with E-state index in [2.05, 4.69) is 6.92 Å². The van der Waals surface area contributed by atoms with Gasteiger partial charge in [-0.2, -0.15) is 0 Å². The molecule has 3 heteroatoms. The molecule has 0 bridgehead atoms. The standard InChI is InChI=1S/C20H30O3/c1-3-4-5-6-7-8-9-18-14-15-19(20(21)23-18)16-10-12-17(22-2)13-11-16/h10-13,18-19H,3-9,14-15H2,1-2H3. The number of carbonyl (C=O) groups excluding carboxylic acids is 1. The Labute approximate surface area is 140 Å². The van der Waals surface area contributed by atoms with Gasteiger partial charge in [0, 0.05) is 0 Å². The fraction of sp³-hybridized carbons (Fsp3) is 0.650. The summed E-state index contributed by atoms with van der Waals surface area (Å²) in [4.78, 5) is 12.3. The first-order chi connectivity index (χ1) is 11.2. The number of rotatable bonds is 9. The summed E-state index contributed by atoms with van der Waals surface area (Å²) in [6.45, 7) is 2.24. The number of cyclic esters (lactones) is 1. The van der Waals surface area contributed by atoms with Gasteiger partial charge < -0.3 is 9.47 Å². The Morgan fingerprint density at radius 2 is 1.74 bits per heavy atom. The third kappa shape index (κ3) is 5.56. The Bertz CT molecular complexity index is 466. The Hall–Kier alpha value is -1.51. The Balaban J connectivity index is 1.72. The smallest absolute Gasteiger partial charge is 0.313 e. The van der Waals surface area contributed by atoms with Crippen molar-refractivity contribution in [1.82, 2.24) is 0 Å². The SMILES string of the molecule is CCCCCCCCC1CCC(c2ccc(OC)cc2)C(=O)O1. The van der Waals surface area contributed by atoms with Crippen LogP contribution in [0, 0.1) is 0 Å². The molecule has 3 nitrogen and oxygen atoms in total. The number of hydrogen-bond acceptors (Lipinski definition) is 3. The molecule has 23 heavy (non-hydrogen) atoms. The van der Waals surface area contributed by atoms with Crippen LogP contribution in [0.4, 0.5) is 0 Å². The van der Waals surface area contributed by atoms with Crippen LogP contribution in [0.2, 0.25) is 0 Å². The minimum atomic E-state index is -0.110. The lowest BCUT2D eigenvalue weighted by molar-refractivity contribution is -0.156. The average molecular weight is 318 g/mol. The normalized spacial score (nSPS) is 21.0. The Morgan fingerprint density at radius 1 is 1.04 bits per heavy atom. The molecule has 1 aliphatic heterocycles. The van der Waals surface area contributed by atoms with Gasteiger partial charge in [-0.05, 0) is 43.4 Å². The molecule has 1 saturated heterocycles. The van der Waals surface area contributed by atoms with E-state index in [-0.39, 0.29) is 18.0 Å². The molecule has 2 atom stereocenters. The van der Waals surface area contributed by atoms with E-state index in [1.54, 1.807) is 7.11 Å². The first-order valence-corrected chi connectivity index (χ1v) is 9.09. The van der Waals surface area contributed by atoms with E-state index in [1.165, 1.54) is 38.5 Å². The van der Waals surface area contributed by atoms with Gasteiger partial charge in [0.05, 0.1) is 13.0 Å². The molecule has 0 spiro atoms. The summed E-state index contributed by atoms with van der Waals surface area (Å²) >= 11 is 0. The second-order valence-electron chi connectivity index (χ2n) is 6.52. The highest BCUT2D eigenvalue weighted by Crippen LogP contribution is 2.32. The zero-order chi connectivity index (χ0) is 16.5. The van der Waals surface area contributed by atoms with Crippen LogP contribution in [0.5, 0.6) is 5.75 Å². The monoisotopic (exact) mass is 318 g/mol. The minimum absolute atomic E-state index is 0.0580. The number of hydrogen-bond donors (Lipinski definition) is 0. The molecular formula is C20H30O3. The number of ether oxygens (including phenoxy) is 2. The third-order valence-electron chi connectivity index (χ3n) is 4.74. The summed E-state index contributed by atoms with van der Waals surface area (Å²) in [6.07, 6.45) is 10.7. The lowest BCUT2D eigenvalue weighted by atomic mass is 9.89. The van der Waals surface area contributed by atoms with E-state index in [9.17, 15) is 4.79 Å². The van der Waals surface area contributed by atoms with Crippen molar-refractivity contribution < 1.29 is 14.3 Å². The molecule has 0 aliphatic carbocycles. The zero-order valence-corrected chi connectivity index (χ0v) is 14.6. The highest BCUT2D eigenvalue weighted by Gasteiger charge is 2.30. The molecule has 0 radical (unpaired) electrons. The maximum absolute atomic E-state index is 12.3. The van der Waals surface area contributed by atoms with Crippen molar-refractivity contribution in [3.63, 3.8) is 0 Å². The van der Waals surface area contributed by atoms with E-state index in [4.69, 9.17) is 9.47 Å². The van der Waals surface area contributed by atoms with Crippen molar-refractivity contribution in [2.24, 2.45) is 0 Å². The molecular weight excluding hydrogens is 288 g/mol. The molecule has 2 rings (SSSR count). The second-order valence-corrected chi connectivity index (χ2v) is 6.52. The van der Waals surface area contributed by atoms with Crippen LogP contribution >= 0.6 is 0 Å². The zero-order valence-electron chi connectivity index (χ0n) is 14.6.